The number of nitrogens with one attached hydrogen (secondary N) is 1. The van der Waals surface area contributed by atoms with Gasteiger partial charge in [0.2, 0.25) is 0 Å². The molecule has 0 spiro atoms. The van der Waals surface area contributed by atoms with Gasteiger partial charge < -0.3 is 21.5 Å². The Morgan fingerprint density at radius 1 is 0.500 bits per heavy atom. The minimum Gasteiger partial charge on any atom is -0.453 e. The van der Waals surface area contributed by atoms with E-state index < -0.39 is 0 Å². The molecule has 0 saturated carbocycles. The van der Waals surface area contributed by atoms with Crippen LogP contribution in [0.1, 0.15) is 0 Å². The Morgan fingerprint density at radius 3 is 1.32 bits per heavy atom. The minimum atomic E-state index is 0.757. The summed E-state index contributed by atoms with van der Waals surface area (Å²) in [5.41, 5.74) is 19.4. The molecule has 1 aliphatic rings. The zero-order valence-electron chi connectivity index (χ0n) is 15.1. The maximum atomic E-state index is 6.09. The van der Waals surface area contributed by atoms with Gasteiger partial charge in [-0.2, -0.15) is 0 Å². The largest absolute Gasteiger partial charge is 0.453 e. The number of nitrogens with two attached hydrogens (primary N) is 2. The van der Waals surface area contributed by atoms with Crippen LogP contribution < -0.4 is 21.5 Å². The molecule has 28 heavy (non-hydrogen) atoms. The molecule has 0 amide bonds. The Balaban J connectivity index is 1.49. The lowest BCUT2D eigenvalue weighted by atomic mass is 10.0. The first kappa shape index (κ1) is 16.3. The third-order valence-electron chi connectivity index (χ3n) is 4.94. The highest BCUT2D eigenvalue weighted by Gasteiger charge is 2.18. The lowest BCUT2D eigenvalue weighted by molar-refractivity contribution is 0.481. The molecule has 1 aliphatic heterocycles. The molecule has 4 aromatic rings. The van der Waals surface area contributed by atoms with Crippen molar-refractivity contribution in [2.75, 3.05) is 16.8 Å². The van der Waals surface area contributed by atoms with Gasteiger partial charge in [-0.15, -0.1) is 0 Å². The van der Waals surface area contributed by atoms with Gasteiger partial charge in [-0.3, -0.25) is 0 Å². The van der Waals surface area contributed by atoms with E-state index in [1.54, 1.807) is 0 Å². The Hall–Kier alpha value is -3.92. The molecular formula is C24H19N3O. The van der Waals surface area contributed by atoms with Crippen molar-refractivity contribution in [2.24, 2.45) is 0 Å². The number of nitrogen functional groups attached to an aromatic ring is 2. The van der Waals surface area contributed by atoms with E-state index in [2.05, 4.69) is 29.6 Å². The highest BCUT2D eigenvalue weighted by Crippen LogP contribution is 2.44. The van der Waals surface area contributed by atoms with E-state index in [0.29, 0.717) is 0 Å². The van der Waals surface area contributed by atoms with Crippen molar-refractivity contribution in [2.45, 2.75) is 0 Å². The summed E-state index contributed by atoms with van der Waals surface area (Å²) in [6.45, 7) is 0. The smallest absolute Gasteiger partial charge is 0.151 e. The first-order valence-electron chi connectivity index (χ1n) is 9.10. The summed E-state index contributed by atoms with van der Waals surface area (Å²) in [6.07, 6.45) is 0. The molecule has 0 aliphatic carbocycles. The lowest BCUT2D eigenvalue weighted by Gasteiger charge is -2.23. The Kier molecular flexibility index (Phi) is 3.69. The molecule has 0 fully saturated rings. The van der Waals surface area contributed by atoms with E-state index in [1.165, 1.54) is 0 Å². The second-order valence-corrected chi connectivity index (χ2v) is 6.89. The fraction of sp³-hybridized carbons (Fsp3) is 0. The summed E-state index contributed by atoms with van der Waals surface area (Å²) < 4.78 is 6.09. The first-order valence-corrected chi connectivity index (χ1v) is 9.10. The number of ether oxygens (including phenoxy) is 1. The van der Waals surface area contributed by atoms with Crippen LogP contribution in [-0.4, -0.2) is 0 Å². The van der Waals surface area contributed by atoms with Crippen LogP contribution in [0.4, 0.5) is 22.7 Å². The average Bonchev–Trinajstić information content (AvgIpc) is 2.72. The molecule has 0 atom stereocenters. The average molecular weight is 365 g/mol. The zero-order chi connectivity index (χ0) is 19.1. The number of anilines is 4. The molecule has 1 heterocycles. The summed E-state index contributed by atoms with van der Waals surface area (Å²) in [6, 6.07) is 28.0. The molecule has 5 rings (SSSR count). The van der Waals surface area contributed by atoms with Gasteiger partial charge in [0, 0.05) is 11.4 Å². The molecule has 4 nitrogen and oxygen atoms in total. The quantitative estimate of drug-likeness (QED) is 0.334. The minimum absolute atomic E-state index is 0.757. The van der Waals surface area contributed by atoms with Crippen molar-refractivity contribution in [3.05, 3.63) is 84.9 Å². The van der Waals surface area contributed by atoms with Crippen LogP contribution in [0.15, 0.2) is 84.9 Å². The van der Waals surface area contributed by atoms with Crippen LogP contribution in [0.25, 0.3) is 22.3 Å². The fourth-order valence-corrected chi connectivity index (χ4v) is 3.41. The predicted molar refractivity (Wildman–Crippen MR) is 116 cm³/mol. The lowest BCUT2D eigenvalue weighted by Crippen LogP contribution is -2.03. The zero-order valence-corrected chi connectivity index (χ0v) is 15.1. The maximum Gasteiger partial charge on any atom is 0.151 e. The molecule has 4 aromatic carbocycles. The van der Waals surface area contributed by atoms with Crippen LogP contribution in [0.5, 0.6) is 11.5 Å². The molecule has 0 saturated heterocycles. The molecular weight excluding hydrogens is 346 g/mol. The van der Waals surface area contributed by atoms with Crippen molar-refractivity contribution in [3.8, 4) is 33.8 Å². The molecule has 0 radical (unpaired) electrons. The Labute approximate surface area is 163 Å². The maximum absolute atomic E-state index is 6.09. The fourth-order valence-electron chi connectivity index (χ4n) is 3.41. The molecule has 136 valence electrons. The highest BCUT2D eigenvalue weighted by atomic mass is 16.5. The first-order chi connectivity index (χ1) is 13.7. The molecule has 4 heteroatoms. The van der Waals surface area contributed by atoms with Gasteiger partial charge in [0.25, 0.3) is 0 Å². The molecule has 0 bridgehead atoms. The van der Waals surface area contributed by atoms with Crippen LogP contribution in [-0.2, 0) is 0 Å². The van der Waals surface area contributed by atoms with E-state index in [0.717, 1.165) is 56.5 Å². The number of benzene rings is 4. The summed E-state index contributed by atoms with van der Waals surface area (Å²) >= 11 is 0. The van der Waals surface area contributed by atoms with E-state index in [-0.39, 0.29) is 0 Å². The van der Waals surface area contributed by atoms with Crippen LogP contribution in [0, 0.1) is 0 Å². The van der Waals surface area contributed by atoms with Gasteiger partial charge in [-0.05, 0) is 70.8 Å². The van der Waals surface area contributed by atoms with E-state index in [4.69, 9.17) is 16.2 Å². The Morgan fingerprint density at radius 2 is 0.893 bits per heavy atom. The van der Waals surface area contributed by atoms with E-state index in [9.17, 15) is 0 Å². The number of hydrogen-bond acceptors (Lipinski definition) is 4. The summed E-state index contributed by atoms with van der Waals surface area (Å²) in [7, 11) is 0. The third-order valence-corrected chi connectivity index (χ3v) is 4.94. The van der Waals surface area contributed by atoms with Crippen LogP contribution >= 0.6 is 0 Å². The second-order valence-electron chi connectivity index (χ2n) is 6.89. The topological polar surface area (TPSA) is 73.3 Å². The standard InChI is InChI=1S/C24H19N3O/c25-19-7-1-15(2-8-19)17-5-11-23-21(13-17)27-22-14-18(6-12-24(22)28-23)16-3-9-20(26)10-4-16/h1-14,27H,25-26H2. The van der Waals surface area contributed by atoms with Crippen molar-refractivity contribution >= 4 is 22.7 Å². The monoisotopic (exact) mass is 365 g/mol. The van der Waals surface area contributed by atoms with Gasteiger partial charge in [0.1, 0.15) is 0 Å². The predicted octanol–water partition coefficient (Wildman–Crippen LogP) is 6.03. The van der Waals surface area contributed by atoms with Gasteiger partial charge >= 0.3 is 0 Å². The normalized spacial score (nSPS) is 11.7. The Bertz CT molecular complexity index is 1070. The number of fused-ring (bicyclic) bond motifs is 2. The summed E-state index contributed by atoms with van der Waals surface area (Å²) in [5.74, 6) is 1.62. The second kappa shape index (κ2) is 6.35. The highest BCUT2D eigenvalue weighted by molar-refractivity contribution is 5.83. The van der Waals surface area contributed by atoms with Gasteiger partial charge in [-0.1, -0.05) is 36.4 Å². The van der Waals surface area contributed by atoms with Gasteiger partial charge in [0.15, 0.2) is 11.5 Å². The number of hydrogen-bond donors (Lipinski definition) is 3. The van der Waals surface area contributed by atoms with Crippen LogP contribution in [0.3, 0.4) is 0 Å². The summed E-state index contributed by atoms with van der Waals surface area (Å²) in [4.78, 5) is 0. The molecule has 0 unspecified atom stereocenters. The van der Waals surface area contributed by atoms with E-state index >= 15 is 0 Å². The SMILES string of the molecule is Nc1ccc(-c2ccc3c(c2)Nc2cc(-c4ccc(N)cc4)ccc2O3)cc1. The summed E-state index contributed by atoms with van der Waals surface area (Å²) in [5, 5.41) is 3.51. The van der Waals surface area contributed by atoms with E-state index in [1.807, 2.05) is 60.7 Å². The molecule has 0 aromatic heterocycles. The third kappa shape index (κ3) is 2.91. The van der Waals surface area contributed by atoms with Crippen LogP contribution in [0.2, 0.25) is 0 Å². The van der Waals surface area contributed by atoms with Crippen molar-refractivity contribution < 1.29 is 4.74 Å². The van der Waals surface area contributed by atoms with Crippen molar-refractivity contribution in [1.82, 2.24) is 0 Å². The van der Waals surface area contributed by atoms with Gasteiger partial charge in [0.05, 0.1) is 11.4 Å². The van der Waals surface area contributed by atoms with Gasteiger partial charge in [-0.25, -0.2) is 0 Å². The van der Waals surface area contributed by atoms with Crippen molar-refractivity contribution in [3.63, 3.8) is 0 Å². The number of rotatable bonds is 2. The molecule has 5 N–H and O–H groups in total. The van der Waals surface area contributed by atoms with Crippen molar-refractivity contribution in [1.29, 1.82) is 0 Å².